The number of benzene rings is 2. The summed E-state index contributed by atoms with van der Waals surface area (Å²) >= 11 is 0. The monoisotopic (exact) mass is 307 g/mol. The number of nitrogens with one attached hydrogen (secondary N) is 2. The Hall–Kier alpha value is -2.19. The molecule has 0 bridgehead atoms. The molecule has 21 heavy (non-hydrogen) atoms. The second-order valence-electron chi connectivity index (χ2n) is 4.77. The van der Waals surface area contributed by atoms with Gasteiger partial charge in [-0.15, -0.1) is 0 Å². The van der Waals surface area contributed by atoms with Gasteiger partial charge < -0.3 is 5.32 Å². The number of non-ortho nitro benzene ring substituents is 1. The number of fused-ring (bicyclic) bond motifs is 3. The maximum atomic E-state index is 11.9. The molecule has 0 fully saturated rings. The van der Waals surface area contributed by atoms with E-state index in [0.29, 0.717) is 5.39 Å². The Kier molecular flexibility index (Phi) is 3.07. The van der Waals surface area contributed by atoms with Crippen molar-refractivity contribution < 1.29 is 13.3 Å². The number of anilines is 1. The first-order chi connectivity index (χ1) is 9.94. The van der Waals surface area contributed by atoms with Crippen LogP contribution in [0.4, 0.5) is 11.4 Å². The Balaban J connectivity index is 2.37. The molecule has 0 amide bonds. The second-order valence-corrected chi connectivity index (χ2v) is 6.66. The molecule has 0 saturated heterocycles. The largest absolute Gasteiger partial charge is 0.384 e. The Labute approximate surface area is 121 Å². The molecule has 0 aliphatic carbocycles. The fourth-order valence-electron chi connectivity index (χ4n) is 2.63. The number of nitrogens with zero attached hydrogens (tertiary/aromatic N) is 1. The van der Waals surface area contributed by atoms with E-state index >= 15 is 0 Å². The molecular weight excluding hydrogens is 294 g/mol. The summed E-state index contributed by atoms with van der Waals surface area (Å²) in [6.07, 6.45) is 0.766. The Morgan fingerprint density at radius 1 is 1.29 bits per heavy atom. The molecule has 110 valence electrons. The van der Waals surface area contributed by atoms with Gasteiger partial charge in [0, 0.05) is 18.3 Å². The molecule has 0 aromatic heterocycles. The molecule has 2 N–H and O–H groups in total. The lowest BCUT2D eigenvalue weighted by Crippen LogP contribution is -2.18. The van der Waals surface area contributed by atoms with Crippen molar-refractivity contribution in [1.29, 1.82) is 0 Å². The quantitative estimate of drug-likeness (QED) is 0.663. The van der Waals surface area contributed by atoms with E-state index in [1.807, 2.05) is 0 Å². The van der Waals surface area contributed by atoms with Gasteiger partial charge in [0.05, 0.1) is 15.2 Å². The molecule has 0 atom stereocenters. The van der Waals surface area contributed by atoms with Crippen LogP contribution in [0.15, 0.2) is 29.2 Å². The average molecular weight is 307 g/mol. The van der Waals surface area contributed by atoms with Crippen molar-refractivity contribution in [3.05, 3.63) is 39.9 Å². The topological polar surface area (TPSA) is 101 Å². The molecule has 3 rings (SSSR count). The first kappa shape index (κ1) is 13.8. The minimum atomic E-state index is -3.63. The smallest absolute Gasteiger partial charge is 0.279 e. The lowest BCUT2D eigenvalue weighted by molar-refractivity contribution is -0.383. The number of nitro groups is 1. The van der Waals surface area contributed by atoms with Gasteiger partial charge in [-0.25, -0.2) is 13.1 Å². The summed E-state index contributed by atoms with van der Waals surface area (Å²) in [4.78, 5) is 10.8. The van der Waals surface area contributed by atoms with Gasteiger partial charge in [0.2, 0.25) is 10.0 Å². The zero-order valence-electron chi connectivity index (χ0n) is 11.2. The van der Waals surface area contributed by atoms with Crippen LogP contribution in [0, 0.1) is 10.1 Å². The minimum absolute atomic E-state index is 0.0199. The zero-order chi connectivity index (χ0) is 15.2. The fraction of sp³-hybridized carbons (Fsp3) is 0.231. The molecule has 1 aliphatic heterocycles. The van der Waals surface area contributed by atoms with Gasteiger partial charge in [-0.05, 0) is 36.6 Å². The van der Waals surface area contributed by atoms with Crippen LogP contribution < -0.4 is 10.0 Å². The van der Waals surface area contributed by atoms with Crippen molar-refractivity contribution in [2.75, 3.05) is 18.9 Å². The van der Waals surface area contributed by atoms with Crippen LogP contribution in [0.3, 0.4) is 0 Å². The van der Waals surface area contributed by atoms with Crippen molar-refractivity contribution in [2.24, 2.45) is 0 Å². The van der Waals surface area contributed by atoms with Gasteiger partial charge >= 0.3 is 0 Å². The van der Waals surface area contributed by atoms with Gasteiger partial charge in [-0.2, -0.15) is 0 Å². The van der Waals surface area contributed by atoms with Crippen LogP contribution in [0.5, 0.6) is 0 Å². The molecule has 7 nitrogen and oxygen atoms in total. The number of hydrogen-bond donors (Lipinski definition) is 2. The van der Waals surface area contributed by atoms with Crippen LogP contribution in [0.1, 0.15) is 5.56 Å². The van der Waals surface area contributed by atoms with Crippen molar-refractivity contribution in [2.45, 2.75) is 11.3 Å². The molecule has 1 aliphatic rings. The molecule has 2 aromatic rings. The SMILES string of the molecule is CNS(=O)(=O)c1ccc2c3c(cc([N+](=O)[O-])c2c1)NCC3. The van der Waals surface area contributed by atoms with E-state index < -0.39 is 14.9 Å². The van der Waals surface area contributed by atoms with E-state index in [9.17, 15) is 18.5 Å². The maximum Gasteiger partial charge on any atom is 0.279 e. The van der Waals surface area contributed by atoms with Crippen molar-refractivity contribution >= 4 is 32.2 Å². The van der Waals surface area contributed by atoms with E-state index in [1.165, 1.54) is 25.2 Å². The summed E-state index contributed by atoms with van der Waals surface area (Å²) in [5.74, 6) is 0. The Morgan fingerprint density at radius 3 is 2.71 bits per heavy atom. The molecule has 8 heteroatoms. The molecule has 0 spiro atoms. The van der Waals surface area contributed by atoms with Crippen molar-refractivity contribution in [3.8, 4) is 0 Å². The van der Waals surface area contributed by atoms with Gasteiger partial charge in [0.25, 0.3) is 5.69 Å². The zero-order valence-corrected chi connectivity index (χ0v) is 12.0. The molecule has 1 heterocycles. The van der Waals surface area contributed by atoms with Crippen LogP contribution >= 0.6 is 0 Å². The highest BCUT2D eigenvalue weighted by Gasteiger charge is 2.23. The highest BCUT2D eigenvalue weighted by atomic mass is 32.2. The van der Waals surface area contributed by atoms with Gasteiger partial charge in [0.15, 0.2) is 0 Å². The standard InChI is InChI=1S/C13H13N3O4S/c1-14-21(19,20)8-2-3-9-10-4-5-15-12(10)7-13(16(17)18)11(9)6-8/h2-3,6-7,14-15H,4-5H2,1H3. The van der Waals surface area contributed by atoms with E-state index in [-0.39, 0.29) is 10.6 Å². The highest BCUT2D eigenvalue weighted by Crippen LogP contribution is 2.37. The number of hydrogen-bond acceptors (Lipinski definition) is 5. The van der Waals surface area contributed by atoms with E-state index in [0.717, 1.165) is 29.6 Å². The first-order valence-corrected chi connectivity index (χ1v) is 7.84. The summed E-state index contributed by atoms with van der Waals surface area (Å²) in [6, 6.07) is 5.94. The third-order valence-corrected chi connectivity index (χ3v) is 5.08. The second kappa shape index (κ2) is 4.68. The predicted molar refractivity (Wildman–Crippen MR) is 79.0 cm³/mol. The summed E-state index contributed by atoms with van der Waals surface area (Å²) < 4.78 is 25.9. The third-order valence-electron chi connectivity index (χ3n) is 3.66. The van der Waals surface area contributed by atoms with Gasteiger partial charge in [0.1, 0.15) is 0 Å². The van der Waals surface area contributed by atoms with Gasteiger partial charge in [-0.1, -0.05) is 6.07 Å². The van der Waals surface area contributed by atoms with Crippen LogP contribution in [0.25, 0.3) is 10.8 Å². The molecule has 0 radical (unpaired) electrons. The van der Waals surface area contributed by atoms with E-state index in [4.69, 9.17) is 0 Å². The normalized spacial score (nSPS) is 14.0. The van der Waals surface area contributed by atoms with Gasteiger partial charge in [-0.3, -0.25) is 10.1 Å². The lowest BCUT2D eigenvalue weighted by atomic mass is 10.0. The molecule has 2 aromatic carbocycles. The maximum absolute atomic E-state index is 11.9. The highest BCUT2D eigenvalue weighted by molar-refractivity contribution is 7.89. The molecular formula is C13H13N3O4S. The van der Waals surface area contributed by atoms with E-state index in [1.54, 1.807) is 6.07 Å². The van der Waals surface area contributed by atoms with E-state index in [2.05, 4.69) is 10.0 Å². The predicted octanol–water partition coefficient (Wildman–Crippen LogP) is 1.62. The van der Waals surface area contributed by atoms with Crippen LogP contribution in [0.2, 0.25) is 0 Å². The molecule has 0 saturated carbocycles. The third kappa shape index (κ3) is 2.12. The van der Waals surface area contributed by atoms with Crippen LogP contribution in [-0.2, 0) is 16.4 Å². The van der Waals surface area contributed by atoms with Crippen molar-refractivity contribution in [3.63, 3.8) is 0 Å². The summed E-state index contributed by atoms with van der Waals surface area (Å²) in [7, 11) is -2.33. The lowest BCUT2D eigenvalue weighted by Gasteiger charge is -2.09. The van der Waals surface area contributed by atoms with Crippen LogP contribution in [-0.4, -0.2) is 26.9 Å². The number of rotatable bonds is 3. The fourth-order valence-corrected chi connectivity index (χ4v) is 3.39. The Morgan fingerprint density at radius 2 is 2.05 bits per heavy atom. The van der Waals surface area contributed by atoms with Crippen molar-refractivity contribution in [1.82, 2.24) is 4.72 Å². The summed E-state index contributed by atoms with van der Waals surface area (Å²) in [6.45, 7) is 0.724. The number of nitro benzene ring substituents is 1. The number of sulfonamides is 1. The Bertz CT molecular complexity index is 861. The minimum Gasteiger partial charge on any atom is -0.384 e. The summed E-state index contributed by atoms with van der Waals surface area (Å²) in [5, 5.41) is 15.4. The summed E-state index contributed by atoms with van der Waals surface area (Å²) in [5.41, 5.74) is 1.65. The molecule has 0 unspecified atom stereocenters. The first-order valence-electron chi connectivity index (χ1n) is 6.35. The average Bonchev–Trinajstić information content (AvgIpc) is 2.94.